The Hall–Kier alpha value is -2.49. The molecule has 3 aromatic rings. The molecule has 2 heterocycles. The molecular weight excluding hydrogens is 427 g/mol. The number of carbonyl (C=O) groups excluding carboxylic acids is 1. The van der Waals surface area contributed by atoms with Crippen LogP contribution in [0.2, 0.25) is 10.0 Å². The first-order valence-corrected chi connectivity index (χ1v) is 9.63. The molecule has 0 radical (unpaired) electrons. The first-order chi connectivity index (χ1) is 13.4. The van der Waals surface area contributed by atoms with Gasteiger partial charge in [-0.1, -0.05) is 35.0 Å². The van der Waals surface area contributed by atoms with E-state index in [0.717, 1.165) is 0 Å². The van der Waals surface area contributed by atoms with Crippen LogP contribution in [0.15, 0.2) is 51.2 Å². The highest BCUT2D eigenvalue weighted by molar-refractivity contribution is 7.98. The Labute approximate surface area is 173 Å². The van der Waals surface area contributed by atoms with Gasteiger partial charge in [-0.2, -0.15) is 0 Å². The molecule has 0 atom stereocenters. The number of nitrogens with zero attached hydrogens (tertiary/aromatic N) is 3. The molecular formula is C17H14Cl2N4O4S. The van der Waals surface area contributed by atoms with Gasteiger partial charge in [-0.15, -0.1) is 10.2 Å². The van der Waals surface area contributed by atoms with Crippen molar-refractivity contribution in [3.63, 3.8) is 0 Å². The maximum absolute atomic E-state index is 12.1. The van der Waals surface area contributed by atoms with Crippen LogP contribution in [0.3, 0.4) is 0 Å². The third-order valence-corrected chi connectivity index (χ3v) is 5.22. The van der Waals surface area contributed by atoms with Crippen molar-refractivity contribution in [3.8, 4) is 5.75 Å². The summed E-state index contributed by atoms with van der Waals surface area (Å²) in [6, 6.07) is 5.99. The van der Waals surface area contributed by atoms with Crippen molar-refractivity contribution < 1.29 is 13.9 Å². The highest BCUT2D eigenvalue weighted by atomic mass is 35.5. The van der Waals surface area contributed by atoms with E-state index in [4.69, 9.17) is 32.4 Å². The Morgan fingerprint density at radius 2 is 2.14 bits per heavy atom. The number of amides is 1. The molecule has 0 spiro atoms. The number of aromatic nitrogens is 3. The predicted octanol–water partition coefficient (Wildman–Crippen LogP) is 3.38. The van der Waals surface area contributed by atoms with Crippen LogP contribution in [0.25, 0.3) is 0 Å². The Morgan fingerprint density at radius 3 is 2.82 bits per heavy atom. The van der Waals surface area contributed by atoms with Gasteiger partial charge in [0.15, 0.2) is 11.8 Å². The lowest BCUT2D eigenvalue weighted by Crippen LogP contribution is -2.22. The van der Waals surface area contributed by atoms with Crippen LogP contribution in [-0.2, 0) is 17.6 Å². The summed E-state index contributed by atoms with van der Waals surface area (Å²) in [5.74, 6) is 0.335. The molecule has 0 aliphatic carbocycles. The molecule has 0 saturated heterocycles. The van der Waals surface area contributed by atoms with Gasteiger partial charge in [-0.25, -0.2) is 0 Å². The fourth-order valence-corrected chi connectivity index (χ4v) is 3.15. The SMILES string of the molecule is Cn1cnnc1SCc1cc(=O)c(OCC(=O)Nc2ccc(Cl)c(Cl)c2)co1. The van der Waals surface area contributed by atoms with Gasteiger partial charge in [0.25, 0.3) is 5.91 Å². The van der Waals surface area contributed by atoms with Gasteiger partial charge in [-0.05, 0) is 18.2 Å². The number of anilines is 1. The van der Waals surface area contributed by atoms with E-state index in [1.165, 1.54) is 30.2 Å². The van der Waals surface area contributed by atoms with Gasteiger partial charge in [0.05, 0.1) is 15.8 Å². The van der Waals surface area contributed by atoms with Crippen LogP contribution in [0.4, 0.5) is 5.69 Å². The summed E-state index contributed by atoms with van der Waals surface area (Å²) in [4.78, 5) is 24.1. The number of nitrogens with one attached hydrogen (secondary N) is 1. The van der Waals surface area contributed by atoms with Crippen LogP contribution >= 0.6 is 35.0 Å². The molecule has 3 rings (SSSR count). The van der Waals surface area contributed by atoms with Gasteiger partial charge < -0.3 is 19.0 Å². The molecule has 0 aliphatic rings. The van der Waals surface area contributed by atoms with Gasteiger partial charge in [-0.3, -0.25) is 9.59 Å². The fraction of sp³-hybridized carbons (Fsp3) is 0.176. The van der Waals surface area contributed by atoms with Crippen molar-refractivity contribution in [1.82, 2.24) is 14.8 Å². The molecule has 28 heavy (non-hydrogen) atoms. The summed E-state index contributed by atoms with van der Waals surface area (Å²) < 4.78 is 12.4. The average molecular weight is 441 g/mol. The van der Waals surface area contributed by atoms with E-state index in [1.807, 2.05) is 7.05 Å². The first kappa shape index (κ1) is 20.2. The highest BCUT2D eigenvalue weighted by Gasteiger charge is 2.10. The van der Waals surface area contributed by atoms with Gasteiger partial charge in [0, 0.05) is 18.8 Å². The molecule has 2 aromatic heterocycles. The second-order valence-corrected chi connectivity index (χ2v) is 7.31. The maximum atomic E-state index is 12.1. The Morgan fingerprint density at radius 1 is 1.32 bits per heavy atom. The lowest BCUT2D eigenvalue weighted by molar-refractivity contribution is -0.118. The van der Waals surface area contributed by atoms with Crippen molar-refractivity contribution in [1.29, 1.82) is 0 Å². The molecule has 11 heteroatoms. The second kappa shape index (κ2) is 9.13. The molecule has 1 N–H and O–H groups in total. The standard InChI is InChI=1S/C17H14Cl2N4O4S/c1-23-9-20-22-17(23)28-8-11-5-14(24)15(6-26-11)27-7-16(25)21-10-2-3-12(18)13(19)4-10/h2-6,9H,7-8H2,1H3,(H,21,25). The summed E-state index contributed by atoms with van der Waals surface area (Å²) in [6.07, 6.45) is 2.76. The van der Waals surface area contributed by atoms with E-state index in [1.54, 1.807) is 23.0 Å². The molecule has 0 fully saturated rings. The van der Waals surface area contributed by atoms with E-state index >= 15 is 0 Å². The lowest BCUT2D eigenvalue weighted by atomic mass is 10.3. The molecule has 1 aromatic carbocycles. The summed E-state index contributed by atoms with van der Waals surface area (Å²) in [7, 11) is 1.82. The quantitative estimate of drug-likeness (QED) is 0.561. The Bertz CT molecular complexity index is 1050. The van der Waals surface area contributed by atoms with E-state index in [9.17, 15) is 9.59 Å². The first-order valence-electron chi connectivity index (χ1n) is 7.88. The summed E-state index contributed by atoms with van der Waals surface area (Å²) in [6.45, 7) is -0.363. The lowest BCUT2D eigenvalue weighted by Gasteiger charge is -2.08. The average Bonchev–Trinajstić information content (AvgIpc) is 3.07. The molecule has 8 nitrogen and oxygen atoms in total. The van der Waals surface area contributed by atoms with Crippen molar-refractivity contribution in [2.45, 2.75) is 10.9 Å². The highest BCUT2D eigenvalue weighted by Crippen LogP contribution is 2.25. The van der Waals surface area contributed by atoms with Gasteiger partial charge in [0.1, 0.15) is 18.4 Å². The normalized spacial score (nSPS) is 10.7. The minimum Gasteiger partial charge on any atom is -0.477 e. The Kier molecular flexibility index (Phi) is 6.61. The minimum atomic E-state index is -0.459. The van der Waals surface area contributed by atoms with Crippen LogP contribution in [0.5, 0.6) is 5.75 Å². The second-order valence-electron chi connectivity index (χ2n) is 5.55. The number of benzene rings is 1. The molecule has 0 saturated carbocycles. The zero-order valence-electron chi connectivity index (χ0n) is 14.5. The number of ether oxygens (including phenoxy) is 1. The fourth-order valence-electron chi connectivity index (χ4n) is 2.07. The largest absolute Gasteiger partial charge is 0.477 e. The molecule has 0 bridgehead atoms. The monoisotopic (exact) mass is 440 g/mol. The number of thioether (sulfide) groups is 1. The molecule has 1 amide bonds. The van der Waals surface area contributed by atoms with Crippen molar-refractivity contribution in [2.75, 3.05) is 11.9 Å². The summed E-state index contributed by atoms with van der Waals surface area (Å²) >= 11 is 13.1. The Balaban J connectivity index is 1.54. The molecule has 146 valence electrons. The van der Waals surface area contributed by atoms with E-state index in [0.29, 0.717) is 32.4 Å². The van der Waals surface area contributed by atoms with E-state index < -0.39 is 5.91 Å². The summed E-state index contributed by atoms with van der Waals surface area (Å²) in [5.41, 5.74) is 0.0772. The summed E-state index contributed by atoms with van der Waals surface area (Å²) in [5, 5.41) is 11.7. The predicted molar refractivity (Wildman–Crippen MR) is 106 cm³/mol. The topological polar surface area (TPSA) is 99.3 Å². The number of halogens is 2. The number of hydrogen-bond acceptors (Lipinski definition) is 7. The van der Waals surface area contributed by atoms with Crippen molar-refractivity contribution in [3.05, 3.63) is 62.9 Å². The smallest absolute Gasteiger partial charge is 0.262 e. The zero-order valence-corrected chi connectivity index (χ0v) is 16.8. The van der Waals surface area contributed by atoms with Crippen LogP contribution < -0.4 is 15.5 Å². The van der Waals surface area contributed by atoms with Crippen LogP contribution in [0, 0.1) is 0 Å². The minimum absolute atomic E-state index is 0.0586. The third-order valence-electron chi connectivity index (χ3n) is 3.43. The van der Waals surface area contributed by atoms with Crippen LogP contribution in [0.1, 0.15) is 5.76 Å². The molecule has 0 unspecified atom stereocenters. The number of hydrogen-bond donors (Lipinski definition) is 1. The third kappa shape index (κ3) is 5.28. The number of rotatable bonds is 7. The van der Waals surface area contributed by atoms with Crippen molar-refractivity contribution in [2.24, 2.45) is 7.05 Å². The van der Waals surface area contributed by atoms with E-state index in [-0.39, 0.29) is 17.8 Å². The number of carbonyl (C=O) groups is 1. The molecule has 0 aliphatic heterocycles. The zero-order chi connectivity index (χ0) is 20.1. The van der Waals surface area contributed by atoms with Crippen LogP contribution in [-0.4, -0.2) is 27.3 Å². The van der Waals surface area contributed by atoms with Gasteiger partial charge in [0.2, 0.25) is 11.2 Å². The van der Waals surface area contributed by atoms with Gasteiger partial charge >= 0.3 is 0 Å². The maximum Gasteiger partial charge on any atom is 0.262 e. The van der Waals surface area contributed by atoms with Crippen molar-refractivity contribution >= 4 is 46.6 Å². The number of aryl methyl sites for hydroxylation is 1. The van der Waals surface area contributed by atoms with E-state index in [2.05, 4.69) is 15.5 Å².